The largest absolute Gasteiger partial charge is 0.481 e. The van der Waals surface area contributed by atoms with Crippen molar-refractivity contribution in [2.45, 2.75) is 31.9 Å². The maximum Gasteiger partial charge on any atom is 0.305 e. The van der Waals surface area contributed by atoms with Crippen molar-refractivity contribution in [3.8, 4) is 0 Å². The number of carboxylic acid groups (broad SMARTS) is 1. The van der Waals surface area contributed by atoms with Crippen molar-refractivity contribution >= 4 is 5.97 Å². The third-order valence-electron chi connectivity index (χ3n) is 3.37. The third-order valence-corrected chi connectivity index (χ3v) is 3.37. The van der Waals surface area contributed by atoms with Crippen molar-refractivity contribution in [2.24, 2.45) is 7.05 Å². The van der Waals surface area contributed by atoms with Crippen LogP contribution in [-0.2, 0) is 23.1 Å². The molecule has 0 spiro atoms. The smallest absolute Gasteiger partial charge is 0.305 e. The van der Waals surface area contributed by atoms with E-state index in [2.05, 4.69) is 10.00 Å². The van der Waals surface area contributed by atoms with E-state index in [1.54, 1.807) is 0 Å². The summed E-state index contributed by atoms with van der Waals surface area (Å²) in [4.78, 5) is 12.8. The van der Waals surface area contributed by atoms with E-state index in [4.69, 9.17) is 9.84 Å². The first kappa shape index (κ1) is 14.0. The van der Waals surface area contributed by atoms with Gasteiger partial charge in [0.1, 0.15) is 0 Å². The fourth-order valence-corrected chi connectivity index (χ4v) is 2.36. The summed E-state index contributed by atoms with van der Waals surface area (Å²) in [5, 5.41) is 12.7. The molecule has 0 bridgehead atoms. The van der Waals surface area contributed by atoms with Gasteiger partial charge in [0.15, 0.2) is 0 Å². The fourth-order valence-electron chi connectivity index (χ4n) is 2.36. The standard InChI is InChI=1S/C13H21N3O3/c1-15-9-11(8-14-15)10-16-5-2-12(3-6-16)19-7-4-13(17)18/h8-9,12H,2-7,10H2,1H3,(H,17,18). The molecule has 0 radical (unpaired) electrons. The van der Waals surface area contributed by atoms with Crippen LogP contribution in [0.5, 0.6) is 0 Å². The molecule has 2 rings (SSSR count). The molecule has 0 saturated carbocycles. The first-order chi connectivity index (χ1) is 9.13. The molecule has 1 fully saturated rings. The Bertz CT molecular complexity index is 411. The second kappa shape index (κ2) is 6.68. The molecule has 6 heteroatoms. The monoisotopic (exact) mass is 267 g/mol. The van der Waals surface area contributed by atoms with Gasteiger partial charge in [-0.25, -0.2) is 0 Å². The van der Waals surface area contributed by atoms with Crippen molar-refractivity contribution in [1.29, 1.82) is 0 Å². The van der Waals surface area contributed by atoms with Crippen LogP contribution >= 0.6 is 0 Å². The summed E-state index contributed by atoms with van der Waals surface area (Å²) in [6, 6.07) is 0. The summed E-state index contributed by atoms with van der Waals surface area (Å²) in [6.07, 6.45) is 6.19. The lowest BCUT2D eigenvalue weighted by atomic mass is 10.1. The number of likely N-dealkylation sites (tertiary alicyclic amines) is 1. The van der Waals surface area contributed by atoms with E-state index >= 15 is 0 Å². The van der Waals surface area contributed by atoms with Gasteiger partial charge in [0.2, 0.25) is 0 Å². The first-order valence-corrected chi connectivity index (χ1v) is 6.67. The van der Waals surface area contributed by atoms with Crippen LogP contribution in [0.3, 0.4) is 0 Å². The van der Waals surface area contributed by atoms with Crippen LogP contribution in [0.1, 0.15) is 24.8 Å². The molecule has 1 aromatic rings. The normalized spacial score (nSPS) is 17.7. The van der Waals surface area contributed by atoms with Gasteiger partial charge in [0.25, 0.3) is 0 Å². The lowest BCUT2D eigenvalue weighted by Crippen LogP contribution is -2.36. The highest BCUT2D eigenvalue weighted by atomic mass is 16.5. The predicted molar refractivity (Wildman–Crippen MR) is 69.7 cm³/mol. The quantitative estimate of drug-likeness (QED) is 0.828. The number of aliphatic carboxylic acids is 1. The van der Waals surface area contributed by atoms with Gasteiger partial charge in [0, 0.05) is 38.4 Å². The second-order valence-corrected chi connectivity index (χ2v) is 5.01. The van der Waals surface area contributed by atoms with Gasteiger partial charge < -0.3 is 9.84 Å². The minimum absolute atomic E-state index is 0.0932. The van der Waals surface area contributed by atoms with E-state index < -0.39 is 5.97 Å². The summed E-state index contributed by atoms with van der Waals surface area (Å²) in [5.41, 5.74) is 1.23. The molecule has 1 aromatic heterocycles. The Morgan fingerprint density at radius 3 is 2.84 bits per heavy atom. The van der Waals surface area contributed by atoms with E-state index in [1.807, 2.05) is 24.1 Å². The van der Waals surface area contributed by atoms with Crippen molar-refractivity contribution < 1.29 is 14.6 Å². The minimum atomic E-state index is -0.797. The molecule has 0 amide bonds. The van der Waals surface area contributed by atoms with Gasteiger partial charge in [-0.05, 0) is 12.8 Å². The Labute approximate surface area is 113 Å². The van der Waals surface area contributed by atoms with Gasteiger partial charge in [-0.1, -0.05) is 0 Å². The summed E-state index contributed by atoms with van der Waals surface area (Å²) in [7, 11) is 1.92. The number of nitrogens with zero attached hydrogens (tertiary/aromatic N) is 3. The Balaban J connectivity index is 1.66. The van der Waals surface area contributed by atoms with E-state index in [9.17, 15) is 4.79 Å². The van der Waals surface area contributed by atoms with Crippen LogP contribution in [0.4, 0.5) is 0 Å². The number of piperidine rings is 1. The summed E-state index contributed by atoms with van der Waals surface area (Å²) in [6.45, 7) is 3.23. The lowest BCUT2D eigenvalue weighted by molar-refractivity contribution is -0.138. The van der Waals surface area contributed by atoms with E-state index in [0.29, 0.717) is 6.61 Å². The van der Waals surface area contributed by atoms with Gasteiger partial charge in [-0.15, -0.1) is 0 Å². The van der Waals surface area contributed by atoms with Crippen LogP contribution < -0.4 is 0 Å². The minimum Gasteiger partial charge on any atom is -0.481 e. The SMILES string of the molecule is Cn1cc(CN2CCC(OCCC(=O)O)CC2)cn1. The number of hydrogen-bond donors (Lipinski definition) is 1. The highest BCUT2D eigenvalue weighted by Gasteiger charge is 2.20. The van der Waals surface area contributed by atoms with Crippen molar-refractivity contribution in [3.05, 3.63) is 18.0 Å². The molecule has 6 nitrogen and oxygen atoms in total. The molecule has 0 unspecified atom stereocenters. The molecule has 0 aromatic carbocycles. The molecule has 0 aliphatic carbocycles. The number of carboxylic acids is 1. The Kier molecular flexibility index (Phi) is 4.93. The zero-order valence-electron chi connectivity index (χ0n) is 11.3. The highest BCUT2D eigenvalue weighted by Crippen LogP contribution is 2.16. The zero-order valence-corrected chi connectivity index (χ0v) is 11.3. The van der Waals surface area contributed by atoms with Gasteiger partial charge in [-0.3, -0.25) is 14.4 Å². The Hall–Kier alpha value is -1.40. The molecule has 106 valence electrons. The van der Waals surface area contributed by atoms with Crippen molar-refractivity contribution in [2.75, 3.05) is 19.7 Å². The van der Waals surface area contributed by atoms with Crippen LogP contribution in [0.2, 0.25) is 0 Å². The average molecular weight is 267 g/mol. The van der Waals surface area contributed by atoms with Gasteiger partial charge in [-0.2, -0.15) is 5.10 Å². The van der Waals surface area contributed by atoms with Crippen LogP contribution in [-0.4, -0.2) is 51.6 Å². The second-order valence-electron chi connectivity index (χ2n) is 5.01. The zero-order chi connectivity index (χ0) is 13.7. The number of aromatic nitrogens is 2. The number of hydrogen-bond acceptors (Lipinski definition) is 4. The average Bonchev–Trinajstić information content (AvgIpc) is 2.77. The Morgan fingerprint density at radius 1 is 1.53 bits per heavy atom. The lowest BCUT2D eigenvalue weighted by Gasteiger charge is -2.31. The number of aryl methyl sites for hydroxylation is 1. The predicted octanol–water partition coefficient (Wildman–Crippen LogP) is 0.876. The topological polar surface area (TPSA) is 67.6 Å². The molecule has 19 heavy (non-hydrogen) atoms. The van der Waals surface area contributed by atoms with Crippen LogP contribution in [0.15, 0.2) is 12.4 Å². The molecule has 1 aliphatic rings. The fraction of sp³-hybridized carbons (Fsp3) is 0.692. The summed E-state index contributed by atoms with van der Waals surface area (Å²) >= 11 is 0. The van der Waals surface area contributed by atoms with Gasteiger partial charge >= 0.3 is 5.97 Å². The molecular formula is C13H21N3O3. The third kappa shape index (κ3) is 4.65. The van der Waals surface area contributed by atoms with Crippen molar-refractivity contribution in [1.82, 2.24) is 14.7 Å². The first-order valence-electron chi connectivity index (χ1n) is 6.67. The molecule has 1 saturated heterocycles. The van der Waals surface area contributed by atoms with E-state index in [1.165, 1.54) is 5.56 Å². The molecule has 2 heterocycles. The summed E-state index contributed by atoms with van der Waals surface area (Å²) in [5.74, 6) is -0.797. The highest BCUT2D eigenvalue weighted by molar-refractivity contribution is 5.66. The van der Waals surface area contributed by atoms with Crippen LogP contribution in [0, 0.1) is 0 Å². The molecule has 1 aliphatic heterocycles. The van der Waals surface area contributed by atoms with Crippen molar-refractivity contribution in [3.63, 3.8) is 0 Å². The Morgan fingerprint density at radius 2 is 2.26 bits per heavy atom. The number of ether oxygens (including phenoxy) is 1. The maximum absolute atomic E-state index is 10.4. The summed E-state index contributed by atoms with van der Waals surface area (Å²) < 4.78 is 7.39. The molecular weight excluding hydrogens is 246 g/mol. The molecule has 1 N–H and O–H groups in total. The maximum atomic E-state index is 10.4. The van der Waals surface area contributed by atoms with Crippen LogP contribution in [0.25, 0.3) is 0 Å². The van der Waals surface area contributed by atoms with E-state index in [-0.39, 0.29) is 12.5 Å². The molecule has 0 atom stereocenters. The van der Waals surface area contributed by atoms with E-state index in [0.717, 1.165) is 32.5 Å². The number of carbonyl (C=O) groups is 1. The number of rotatable bonds is 6. The van der Waals surface area contributed by atoms with Gasteiger partial charge in [0.05, 0.1) is 25.3 Å².